The minimum Gasteiger partial charge on any atom is -0.508 e. The molecule has 18 heavy (non-hydrogen) atoms. The summed E-state index contributed by atoms with van der Waals surface area (Å²) in [5.74, 6) is 0.809. The Morgan fingerprint density at radius 2 is 1.94 bits per heavy atom. The van der Waals surface area contributed by atoms with Gasteiger partial charge < -0.3 is 9.84 Å². The molecule has 3 nitrogen and oxygen atoms in total. The molecule has 0 bridgehead atoms. The Hall–Kier alpha value is -2.29. The molecule has 0 aliphatic rings. The number of aromatic hydroxyl groups is 1. The lowest BCUT2D eigenvalue weighted by molar-refractivity contribution is 0.112. The van der Waals surface area contributed by atoms with Crippen LogP contribution in [0.25, 0.3) is 11.1 Å². The van der Waals surface area contributed by atoms with Gasteiger partial charge in [0.15, 0.2) is 6.29 Å². The van der Waals surface area contributed by atoms with Gasteiger partial charge in [0.1, 0.15) is 11.5 Å². The molecule has 92 valence electrons. The molecule has 0 saturated heterocycles. The average Bonchev–Trinajstić information content (AvgIpc) is 2.40. The molecule has 0 spiro atoms. The molecule has 0 aliphatic carbocycles. The van der Waals surface area contributed by atoms with Crippen LogP contribution in [0.3, 0.4) is 0 Å². The second kappa shape index (κ2) is 5.36. The Labute approximate surface area is 106 Å². The fourth-order valence-electron chi connectivity index (χ4n) is 1.86. The fourth-order valence-corrected chi connectivity index (χ4v) is 1.86. The monoisotopic (exact) mass is 242 g/mol. The summed E-state index contributed by atoms with van der Waals surface area (Å²) in [6, 6.07) is 12.3. The van der Waals surface area contributed by atoms with Crippen LogP contribution in [-0.2, 0) is 0 Å². The van der Waals surface area contributed by atoms with Gasteiger partial charge in [0, 0.05) is 11.1 Å². The average molecular weight is 242 g/mol. The van der Waals surface area contributed by atoms with Crippen molar-refractivity contribution in [3.05, 3.63) is 48.0 Å². The molecule has 3 heteroatoms. The lowest BCUT2D eigenvalue weighted by Gasteiger charge is -2.11. The van der Waals surface area contributed by atoms with Crippen molar-refractivity contribution in [1.29, 1.82) is 0 Å². The van der Waals surface area contributed by atoms with Crippen LogP contribution in [-0.4, -0.2) is 18.0 Å². The van der Waals surface area contributed by atoms with Crippen LogP contribution in [0.5, 0.6) is 11.5 Å². The summed E-state index contributed by atoms with van der Waals surface area (Å²) in [7, 11) is 0. The van der Waals surface area contributed by atoms with Crippen molar-refractivity contribution in [1.82, 2.24) is 0 Å². The quantitative estimate of drug-likeness (QED) is 0.837. The third-order valence-corrected chi connectivity index (χ3v) is 2.64. The minimum absolute atomic E-state index is 0.0785. The third-order valence-electron chi connectivity index (χ3n) is 2.64. The van der Waals surface area contributed by atoms with Gasteiger partial charge in [0.2, 0.25) is 0 Å². The lowest BCUT2D eigenvalue weighted by atomic mass is 9.99. The van der Waals surface area contributed by atoms with Crippen molar-refractivity contribution in [2.45, 2.75) is 6.92 Å². The first-order chi connectivity index (χ1) is 8.76. The zero-order chi connectivity index (χ0) is 13.0. The molecule has 0 radical (unpaired) electrons. The summed E-state index contributed by atoms with van der Waals surface area (Å²) in [5.41, 5.74) is 2.05. The molecule has 2 aromatic carbocycles. The SMILES string of the molecule is CCOc1ccccc1-c1ccc(O)cc1C=O. The zero-order valence-corrected chi connectivity index (χ0v) is 10.1. The maximum atomic E-state index is 11.1. The van der Waals surface area contributed by atoms with Crippen LogP contribution in [0.15, 0.2) is 42.5 Å². The Morgan fingerprint density at radius 3 is 2.67 bits per heavy atom. The number of aldehydes is 1. The van der Waals surface area contributed by atoms with E-state index in [0.29, 0.717) is 12.2 Å². The highest BCUT2D eigenvalue weighted by molar-refractivity contribution is 5.89. The number of carbonyl (C=O) groups excluding carboxylic acids is 1. The molecular formula is C15H14O3. The molecule has 0 atom stereocenters. The van der Waals surface area contributed by atoms with Crippen molar-refractivity contribution < 1.29 is 14.6 Å². The molecule has 2 aromatic rings. The number of carbonyl (C=O) groups is 1. The van der Waals surface area contributed by atoms with Gasteiger partial charge in [-0.15, -0.1) is 0 Å². The van der Waals surface area contributed by atoms with Crippen molar-refractivity contribution in [3.63, 3.8) is 0 Å². The number of para-hydroxylation sites is 1. The van der Waals surface area contributed by atoms with Gasteiger partial charge in [-0.1, -0.05) is 18.2 Å². The summed E-state index contributed by atoms with van der Waals surface area (Å²) in [6.45, 7) is 2.47. The second-order valence-electron chi connectivity index (χ2n) is 3.82. The summed E-state index contributed by atoms with van der Waals surface area (Å²) >= 11 is 0. The largest absolute Gasteiger partial charge is 0.508 e. The van der Waals surface area contributed by atoms with Gasteiger partial charge in [0.05, 0.1) is 6.61 Å². The van der Waals surface area contributed by atoms with E-state index in [9.17, 15) is 9.90 Å². The Morgan fingerprint density at radius 1 is 1.17 bits per heavy atom. The molecule has 1 N–H and O–H groups in total. The molecule has 0 saturated carbocycles. The Kier molecular flexibility index (Phi) is 3.63. The van der Waals surface area contributed by atoms with Crippen LogP contribution in [0, 0.1) is 0 Å². The topological polar surface area (TPSA) is 46.5 Å². The van der Waals surface area contributed by atoms with E-state index in [1.165, 1.54) is 6.07 Å². The lowest BCUT2D eigenvalue weighted by Crippen LogP contribution is -1.95. The number of rotatable bonds is 4. The van der Waals surface area contributed by atoms with E-state index in [1.807, 2.05) is 31.2 Å². The number of phenols is 1. The van der Waals surface area contributed by atoms with E-state index in [2.05, 4.69) is 0 Å². The third kappa shape index (κ3) is 2.35. The van der Waals surface area contributed by atoms with Gasteiger partial charge >= 0.3 is 0 Å². The number of phenolic OH excluding ortho intramolecular Hbond substituents is 1. The predicted molar refractivity (Wildman–Crippen MR) is 70.1 cm³/mol. The van der Waals surface area contributed by atoms with Crippen LogP contribution in [0.4, 0.5) is 0 Å². The summed E-state index contributed by atoms with van der Waals surface area (Å²) in [5, 5.41) is 9.40. The number of ether oxygens (including phenoxy) is 1. The van der Waals surface area contributed by atoms with Gasteiger partial charge in [0.25, 0.3) is 0 Å². The molecule has 0 heterocycles. The van der Waals surface area contributed by atoms with E-state index >= 15 is 0 Å². The molecule has 0 amide bonds. The maximum absolute atomic E-state index is 11.1. The van der Waals surface area contributed by atoms with E-state index < -0.39 is 0 Å². The van der Waals surface area contributed by atoms with Gasteiger partial charge in [-0.3, -0.25) is 4.79 Å². The number of hydrogen-bond acceptors (Lipinski definition) is 3. The summed E-state index contributed by atoms with van der Waals surface area (Å²) in [4.78, 5) is 11.1. The standard InChI is InChI=1S/C15H14O3/c1-2-18-15-6-4-3-5-14(15)13-8-7-12(17)9-11(13)10-16/h3-10,17H,2H2,1H3. The minimum atomic E-state index is 0.0785. The van der Waals surface area contributed by atoms with Gasteiger partial charge in [-0.2, -0.15) is 0 Å². The van der Waals surface area contributed by atoms with Crippen LogP contribution in [0.1, 0.15) is 17.3 Å². The predicted octanol–water partition coefficient (Wildman–Crippen LogP) is 3.27. The highest BCUT2D eigenvalue weighted by Gasteiger charge is 2.10. The van der Waals surface area contributed by atoms with Gasteiger partial charge in [-0.05, 0) is 36.8 Å². The Bertz CT molecular complexity index is 561. The normalized spacial score (nSPS) is 10.1. The molecule has 2 rings (SSSR count). The highest BCUT2D eigenvalue weighted by Crippen LogP contribution is 2.33. The van der Waals surface area contributed by atoms with Crippen LogP contribution in [0.2, 0.25) is 0 Å². The maximum Gasteiger partial charge on any atom is 0.150 e. The molecular weight excluding hydrogens is 228 g/mol. The smallest absolute Gasteiger partial charge is 0.150 e. The molecule has 0 unspecified atom stereocenters. The fraction of sp³-hybridized carbons (Fsp3) is 0.133. The molecule has 0 aromatic heterocycles. The van der Waals surface area contributed by atoms with Crippen molar-refractivity contribution in [2.75, 3.05) is 6.61 Å². The molecule has 0 fully saturated rings. The first-order valence-corrected chi connectivity index (χ1v) is 5.76. The number of benzene rings is 2. The van der Waals surface area contributed by atoms with Gasteiger partial charge in [-0.25, -0.2) is 0 Å². The van der Waals surface area contributed by atoms with Crippen molar-refractivity contribution in [3.8, 4) is 22.6 Å². The highest BCUT2D eigenvalue weighted by atomic mass is 16.5. The van der Waals surface area contributed by atoms with E-state index in [0.717, 1.165) is 23.2 Å². The van der Waals surface area contributed by atoms with Crippen LogP contribution < -0.4 is 4.74 Å². The van der Waals surface area contributed by atoms with Crippen molar-refractivity contribution in [2.24, 2.45) is 0 Å². The van der Waals surface area contributed by atoms with Crippen molar-refractivity contribution >= 4 is 6.29 Å². The Balaban J connectivity index is 2.57. The summed E-state index contributed by atoms with van der Waals surface area (Å²) in [6.07, 6.45) is 0.734. The zero-order valence-electron chi connectivity index (χ0n) is 10.1. The van der Waals surface area contributed by atoms with Crippen LogP contribution >= 0.6 is 0 Å². The molecule has 0 aliphatic heterocycles. The second-order valence-corrected chi connectivity index (χ2v) is 3.82. The van der Waals surface area contributed by atoms with E-state index in [1.54, 1.807) is 12.1 Å². The number of hydrogen-bond donors (Lipinski definition) is 1. The first kappa shape index (κ1) is 12.2. The summed E-state index contributed by atoms with van der Waals surface area (Å²) < 4.78 is 5.54. The first-order valence-electron chi connectivity index (χ1n) is 5.76. The van der Waals surface area contributed by atoms with E-state index in [4.69, 9.17) is 4.74 Å². The van der Waals surface area contributed by atoms with E-state index in [-0.39, 0.29) is 5.75 Å².